The van der Waals surface area contributed by atoms with Crippen molar-refractivity contribution in [1.29, 1.82) is 0 Å². The van der Waals surface area contributed by atoms with Crippen LogP contribution in [0, 0.1) is 0 Å². The first-order chi connectivity index (χ1) is 5.47. The highest BCUT2D eigenvalue weighted by molar-refractivity contribution is 5.44. The van der Waals surface area contributed by atoms with Crippen molar-refractivity contribution >= 4 is 12.2 Å². The summed E-state index contributed by atoms with van der Waals surface area (Å²) < 4.78 is 0. The minimum atomic E-state index is 0.991. The maximum atomic E-state index is 4.13. The average Bonchev–Trinajstić information content (AvgIpc) is 2.35. The summed E-state index contributed by atoms with van der Waals surface area (Å²) in [5.41, 5.74) is 0. The zero-order chi connectivity index (χ0) is 7.52. The molecule has 2 rings (SSSR count). The Morgan fingerprint density at radius 1 is 1.00 bits per heavy atom. The third kappa shape index (κ3) is 1.15. The molecule has 0 bridgehead atoms. The minimum Gasteiger partial charge on any atom is -0.345 e. The van der Waals surface area contributed by atoms with Crippen molar-refractivity contribution in [3.63, 3.8) is 0 Å². The van der Waals surface area contributed by atoms with E-state index in [4.69, 9.17) is 0 Å². The summed E-state index contributed by atoms with van der Waals surface area (Å²) in [6, 6.07) is 0. The molecular weight excluding hydrogens is 136 g/mol. The molecule has 1 aliphatic carbocycles. The number of H-pyrrole nitrogens is 1. The number of fused-ring (bicyclic) bond motifs is 1. The number of aromatic amines is 1. The number of nitrogens with zero attached hydrogens (tertiary/aromatic N) is 1. The SMILES string of the molecule is C1=C/C=c2\nc[nH]\c2=C\C=C1. The van der Waals surface area contributed by atoms with Gasteiger partial charge in [-0.2, -0.15) is 0 Å². The molecule has 0 amide bonds. The normalized spacial score (nSPS) is 20.4. The highest BCUT2D eigenvalue weighted by Crippen LogP contribution is 1.81. The summed E-state index contributed by atoms with van der Waals surface area (Å²) in [5, 5.41) is 2.05. The molecule has 0 aliphatic heterocycles. The number of rotatable bonds is 0. The zero-order valence-electron chi connectivity index (χ0n) is 5.99. The predicted octanol–water partition coefficient (Wildman–Crippen LogP) is 0.0967. The summed E-state index contributed by atoms with van der Waals surface area (Å²) >= 11 is 0. The van der Waals surface area contributed by atoms with Crippen LogP contribution >= 0.6 is 0 Å². The van der Waals surface area contributed by atoms with Crippen LogP contribution < -0.4 is 10.7 Å². The zero-order valence-corrected chi connectivity index (χ0v) is 5.99. The number of hydrogen-bond donors (Lipinski definition) is 1. The van der Waals surface area contributed by atoms with Gasteiger partial charge < -0.3 is 4.98 Å². The highest BCUT2D eigenvalue weighted by Gasteiger charge is 1.84. The molecule has 1 aromatic heterocycles. The van der Waals surface area contributed by atoms with Gasteiger partial charge in [0.2, 0.25) is 0 Å². The van der Waals surface area contributed by atoms with Gasteiger partial charge in [0.15, 0.2) is 0 Å². The van der Waals surface area contributed by atoms with Crippen LogP contribution in [0.1, 0.15) is 0 Å². The summed E-state index contributed by atoms with van der Waals surface area (Å²) in [6.07, 6.45) is 13.6. The molecular formula is C9H8N2. The first kappa shape index (κ1) is 6.16. The van der Waals surface area contributed by atoms with E-state index in [2.05, 4.69) is 9.97 Å². The maximum Gasteiger partial charge on any atom is 0.0931 e. The average molecular weight is 144 g/mol. The molecule has 0 radical (unpaired) electrons. The van der Waals surface area contributed by atoms with Crippen molar-refractivity contribution in [3.05, 3.63) is 41.3 Å². The molecule has 0 aromatic carbocycles. The molecule has 1 heterocycles. The molecule has 11 heavy (non-hydrogen) atoms. The Balaban J connectivity index is 2.80. The van der Waals surface area contributed by atoms with Crippen molar-refractivity contribution in [3.8, 4) is 0 Å². The third-order valence-electron chi connectivity index (χ3n) is 1.55. The Morgan fingerprint density at radius 3 is 2.73 bits per heavy atom. The Hall–Kier alpha value is -1.57. The van der Waals surface area contributed by atoms with Gasteiger partial charge in [-0.1, -0.05) is 24.3 Å². The van der Waals surface area contributed by atoms with Crippen LogP contribution in [0.2, 0.25) is 0 Å². The fourth-order valence-electron chi connectivity index (χ4n) is 1.01. The van der Waals surface area contributed by atoms with E-state index in [1.165, 1.54) is 0 Å². The van der Waals surface area contributed by atoms with Crippen LogP contribution in [-0.4, -0.2) is 9.97 Å². The predicted molar refractivity (Wildman–Crippen MR) is 45.0 cm³/mol. The Labute approximate surface area is 64.3 Å². The van der Waals surface area contributed by atoms with E-state index in [1.54, 1.807) is 6.33 Å². The van der Waals surface area contributed by atoms with Crippen LogP contribution in [0.25, 0.3) is 12.2 Å². The minimum absolute atomic E-state index is 0.991. The lowest BCUT2D eigenvalue weighted by Crippen LogP contribution is -2.23. The molecule has 0 atom stereocenters. The summed E-state index contributed by atoms with van der Waals surface area (Å²) in [7, 11) is 0. The smallest absolute Gasteiger partial charge is 0.0931 e. The van der Waals surface area contributed by atoms with Gasteiger partial charge in [0.05, 0.1) is 17.0 Å². The summed E-state index contributed by atoms with van der Waals surface area (Å²) in [4.78, 5) is 7.17. The largest absolute Gasteiger partial charge is 0.345 e. The van der Waals surface area contributed by atoms with Crippen molar-refractivity contribution in [2.75, 3.05) is 0 Å². The second-order valence-electron chi connectivity index (χ2n) is 2.30. The van der Waals surface area contributed by atoms with Crippen LogP contribution in [0.15, 0.2) is 30.6 Å². The van der Waals surface area contributed by atoms with E-state index >= 15 is 0 Å². The van der Waals surface area contributed by atoms with Crippen LogP contribution in [0.3, 0.4) is 0 Å². The molecule has 1 aliphatic rings. The van der Waals surface area contributed by atoms with Gasteiger partial charge in [-0.15, -0.1) is 0 Å². The quantitative estimate of drug-likeness (QED) is 0.549. The fraction of sp³-hybridized carbons (Fsp3) is 0. The van der Waals surface area contributed by atoms with Crippen molar-refractivity contribution in [2.45, 2.75) is 0 Å². The molecule has 1 N–H and O–H groups in total. The van der Waals surface area contributed by atoms with Gasteiger partial charge in [0.25, 0.3) is 0 Å². The monoisotopic (exact) mass is 144 g/mol. The third-order valence-corrected chi connectivity index (χ3v) is 1.55. The molecule has 0 saturated carbocycles. The number of hydrogen-bond acceptors (Lipinski definition) is 1. The van der Waals surface area contributed by atoms with Crippen LogP contribution in [0.5, 0.6) is 0 Å². The van der Waals surface area contributed by atoms with E-state index in [1.807, 2.05) is 36.5 Å². The number of imidazole rings is 1. The maximum absolute atomic E-state index is 4.13. The first-order valence-electron chi connectivity index (χ1n) is 3.51. The molecule has 54 valence electrons. The topological polar surface area (TPSA) is 28.7 Å². The molecule has 1 aromatic rings. The molecule has 0 spiro atoms. The van der Waals surface area contributed by atoms with Gasteiger partial charge in [-0.25, -0.2) is 4.98 Å². The first-order valence-corrected chi connectivity index (χ1v) is 3.51. The number of nitrogens with one attached hydrogen (secondary N) is 1. The van der Waals surface area contributed by atoms with Gasteiger partial charge in [0.1, 0.15) is 0 Å². The molecule has 0 unspecified atom stereocenters. The Kier molecular flexibility index (Phi) is 1.44. The van der Waals surface area contributed by atoms with E-state index in [0.717, 1.165) is 10.7 Å². The van der Waals surface area contributed by atoms with Gasteiger partial charge in [-0.05, 0) is 12.2 Å². The Morgan fingerprint density at radius 2 is 1.82 bits per heavy atom. The van der Waals surface area contributed by atoms with E-state index in [9.17, 15) is 0 Å². The number of allylic oxidation sites excluding steroid dienone is 4. The summed E-state index contributed by atoms with van der Waals surface area (Å²) in [5.74, 6) is 0. The van der Waals surface area contributed by atoms with Gasteiger partial charge in [-0.3, -0.25) is 0 Å². The second kappa shape index (κ2) is 2.58. The Bertz CT molecular complexity index is 369. The lowest BCUT2D eigenvalue weighted by molar-refractivity contribution is 1.29. The summed E-state index contributed by atoms with van der Waals surface area (Å²) in [6.45, 7) is 0. The van der Waals surface area contributed by atoms with E-state index in [0.29, 0.717) is 0 Å². The molecule has 0 fully saturated rings. The lowest BCUT2D eigenvalue weighted by atomic mass is 10.3. The molecule has 2 nitrogen and oxygen atoms in total. The standard InChI is InChI=1S/C9H8N2/c1-2-4-6-9-8(5-3-1)10-7-11-9/h1-7H,(H,10,11)/b2-1?,3-1?,4-2?,5-3?,6-4?,8-5-,9-6+. The second-order valence-corrected chi connectivity index (χ2v) is 2.30. The number of aromatic nitrogens is 2. The lowest BCUT2D eigenvalue weighted by Gasteiger charge is -1.80. The molecule has 2 heteroatoms. The van der Waals surface area contributed by atoms with E-state index < -0.39 is 0 Å². The van der Waals surface area contributed by atoms with Crippen molar-refractivity contribution in [1.82, 2.24) is 9.97 Å². The highest BCUT2D eigenvalue weighted by atomic mass is 14.8. The van der Waals surface area contributed by atoms with Crippen molar-refractivity contribution in [2.24, 2.45) is 0 Å². The van der Waals surface area contributed by atoms with Crippen LogP contribution in [-0.2, 0) is 0 Å². The van der Waals surface area contributed by atoms with Gasteiger partial charge >= 0.3 is 0 Å². The van der Waals surface area contributed by atoms with Gasteiger partial charge in [0, 0.05) is 0 Å². The van der Waals surface area contributed by atoms with E-state index in [-0.39, 0.29) is 0 Å². The fourth-order valence-corrected chi connectivity index (χ4v) is 1.01. The molecule has 0 saturated heterocycles. The van der Waals surface area contributed by atoms with Crippen LogP contribution in [0.4, 0.5) is 0 Å². The van der Waals surface area contributed by atoms with Crippen molar-refractivity contribution < 1.29 is 0 Å².